The fourth-order valence-corrected chi connectivity index (χ4v) is 11.2. The summed E-state index contributed by atoms with van der Waals surface area (Å²) in [5.74, 6) is -31.0. The highest BCUT2D eigenvalue weighted by molar-refractivity contribution is 8.33. The van der Waals surface area contributed by atoms with E-state index in [4.69, 9.17) is 4.74 Å². The van der Waals surface area contributed by atoms with Crippen LogP contribution >= 0.6 is 22.1 Å². The van der Waals surface area contributed by atoms with E-state index in [0.29, 0.717) is 34.7 Å². The van der Waals surface area contributed by atoms with Crippen LogP contribution in [-0.4, -0.2) is 44.6 Å². The summed E-state index contributed by atoms with van der Waals surface area (Å²) in [5, 5.41) is -7.65. The number of hydrogen-bond donors (Lipinski definition) is 0. The molecule has 0 radical (unpaired) electrons. The molecule has 0 amide bonds. The first-order chi connectivity index (χ1) is 26.9. The van der Waals surface area contributed by atoms with Gasteiger partial charge in [0.2, 0.25) is 5.82 Å². The Kier molecular flexibility index (Phi) is 12.0. The highest BCUT2D eigenvalue weighted by atomic mass is 32.3. The van der Waals surface area contributed by atoms with Crippen LogP contribution in [-0.2, 0) is 13.7 Å². The largest absolute Gasteiger partial charge is 0.497 e. The molecule has 0 aromatic heterocycles. The van der Waals surface area contributed by atoms with Crippen molar-refractivity contribution in [2.75, 3.05) is 7.11 Å². The van der Waals surface area contributed by atoms with E-state index in [0.717, 1.165) is 43.1 Å². The van der Waals surface area contributed by atoms with Gasteiger partial charge in [0, 0.05) is 30.7 Å². The molecule has 0 aliphatic heterocycles. The summed E-state index contributed by atoms with van der Waals surface area (Å²) in [4.78, 5) is 8.59. The van der Waals surface area contributed by atoms with Crippen LogP contribution in [0, 0.1) is 29.1 Å². The van der Waals surface area contributed by atoms with Gasteiger partial charge in [0.25, 0.3) is 0 Å². The Morgan fingerprint density at radius 2 is 1.05 bits per heavy atom. The molecule has 0 saturated carbocycles. The van der Waals surface area contributed by atoms with E-state index in [1.54, 1.807) is 18.2 Å². The minimum Gasteiger partial charge on any atom is -0.497 e. The van der Waals surface area contributed by atoms with Gasteiger partial charge in [-0.05, 0) is 71.0 Å². The summed E-state index contributed by atoms with van der Waals surface area (Å²) in [6.07, 6.45) is -7.54. The maximum Gasteiger partial charge on any atom is 0.460 e. The fraction of sp³-hybridized carbons (Fsp3) is 0.139. The molecule has 0 aliphatic rings. The Morgan fingerprint density at radius 3 is 1.55 bits per heavy atom. The third-order valence-corrected chi connectivity index (χ3v) is 14.2. The second kappa shape index (κ2) is 15.8. The SMILES string of the molecule is COc1ccc(S(OS(=O)(=O)C(F)(F)C(F)(F)C(F)(F)C(F)(F)F)(c2ccc(Sc3cccc(C(=O)c4ccccc4)c3)cc2)c2c(F)c(F)c(F)c(F)c2F)cc1. The van der Waals surface area contributed by atoms with Crippen molar-refractivity contribution in [1.82, 2.24) is 0 Å². The Labute approximate surface area is 324 Å². The molecule has 5 nitrogen and oxygen atoms in total. The minimum absolute atomic E-state index is 0.0537. The van der Waals surface area contributed by atoms with E-state index in [1.807, 2.05) is 0 Å². The zero-order chi connectivity index (χ0) is 43.2. The van der Waals surface area contributed by atoms with Crippen LogP contribution in [0.1, 0.15) is 15.9 Å². The van der Waals surface area contributed by atoms with Crippen LogP contribution in [0.15, 0.2) is 128 Å². The smallest absolute Gasteiger partial charge is 0.460 e. The Hall–Kier alpha value is -4.80. The van der Waals surface area contributed by atoms with Crippen molar-refractivity contribution >= 4 is 38.0 Å². The van der Waals surface area contributed by atoms with Gasteiger partial charge in [-0.15, -0.1) is 0 Å². The molecule has 0 aliphatic carbocycles. The molecule has 0 N–H and O–H groups in total. The summed E-state index contributed by atoms with van der Waals surface area (Å²) in [6, 6.07) is 19.4. The summed E-state index contributed by atoms with van der Waals surface area (Å²) in [6.45, 7) is 0. The van der Waals surface area contributed by atoms with Crippen LogP contribution in [0.3, 0.4) is 0 Å². The number of hydrogen-bond acceptors (Lipinski definition) is 6. The van der Waals surface area contributed by atoms with Gasteiger partial charge in [0.1, 0.15) is 10.6 Å². The third kappa shape index (κ3) is 7.50. The first-order valence-corrected chi connectivity index (χ1v) is 19.3. The topological polar surface area (TPSA) is 69.7 Å². The highest BCUT2D eigenvalue weighted by Gasteiger charge is 2.86. The summed E-state index contributed by atoms with van der Waals surface area (Å²) in [5.41, 5.74) is 0.481. The zero-order valence-corrected chi connectivity index (χ0v) is 30.8. The van der Waals surface area contributed by atoms with Gasteiger partial charge in [-0.1, -0.05) is 54.2 Å². The summed E-state index contributed by atoms with van der Waals surface area (Å²) in [7, 11) is -12.8. The molecule has 0 heterocycles. The van der Waals surface area contributed by atoms with Gasteiger partial charge in [0.05, 0.1) is 7.11 Å². The molecule has 5 aromatic carbocycles. The first-order valence-electron chi connectivity index (χ1n) is 15.5. The standard InChI is InChI=1S/C36H20F14O5S3/c1-54-21-10-14-24(15-11-21)57(32-29(40)27(38)26(37)28(39)30(32)41,55-58(52,53)36(49,50)34(44,45)33(42,43)35(46,47)48)25-16-12-22(13-17-25)56-23-9-5-8-20(18-23)31(51)19-6-3-2-4-7-19/h2-18H,1H3. The molecule has 310 valence electrons. The number of rotatable bonds is 13. The molecular formula is C36H20F14O5S3. The number of halogens is 14. The maximum atomic E-state index is 15.8. The first kappa shape index (κ1) is 44.3. The Bertz CT molecular complexity index is 2420. The van der Waals surface area contributed by atoms with Crippen molar-refractivity contribution < 1.29 is 83.0 Å². The van der Waals surface area contributed by atoms with E-state index >= 15 is 17.6 Å². The van der Waals surface area contributed by atoms with Gasteiger partial charge < -0.3 is 4.74 Å². The number of carbonyl (C=O) groups is 1. The van der Waals surface area contributed by atoms with E-state index < -0.39 is 93.3 Å². The molecule has 0 spiro atoms. The molecule has 0 saturated heterocycles. The molecule has 58 heavy (non-hydrogen) atoms. The monoisotopic (exact) mass is 894 g/mol. The average molecular weight is 895 g/mol. The molecule has 1 atom stereocenters. The van der Waals surface area contributed by atoms with Gasteiger partial charge in [-0.25, -0.2) is 25.6 Å². The van der Waals surface area contributed by atoms with Crippen molar-refractivity contribution in [3.05, 3.63) is 143 Å². The lowest BCUT2D eigenvalue weighted by Crippen LogP contribution is -2.63. The number of ketones is 1. The number of methoxy groups -OCH3 is 1. The molecule has 0 bridgehead atoms. The van der Waals surface area contributed by atoms with E-state index in [1.165, 1.54) is 36.4 Å². The Morgan fingerprint density at radius 1 is 0.569 bits per heavy atom. The van der Waals surface area contributed by atoms with Gasteiger partial charge >= 0.3 is 33.4 Å². The molecule has 0 fully saturated rings. The van der Waals surface area contributed by atoms with Crippen molar-refractivity contribution in [3.63, 3.8) is 0 Å². The van der Waals surface area contributed by atoms with Crippen molar-refractivity contribution in [1.29, 1.82) is 0 Å². The third-order valence-electron chi connectivity index (χ3n) is 7.99. The lowest BCUT2D eigenvalue weighted by Gasteiger charge is -2.41. The summed E-state index contributed by atoms with van der Waals surface area (Å²) >= 11 is 0.824. The second-order valence-electron chi connectivity index (χ2n) is 11.6. The van der Waals surface area contributed by atoms with Crippen molar-refractivity contribution in [3.8, 4) is 5.75 Å². The van der Waals surface area contributed by atoms with Crippen LogP contribution in [0.25, 0.3) is 0 Å². The van der Waals surface area contributed by atoms with Gasteiger partial charge in [-0.2, -0.15) is 47.9 Å². The predicted octanol–water partition coefficient (Wildman–Crippen LogP) is 11.7. The van der Waals surface area contributed by atoms with Crippen molar-refractivity contribution in [2.24, 2.45) is 0 Å². The molecule has 22 heteroatoms. The minimum atomic E-state index is -8.11. The normalized spacial score (nSPS) is 14.5. The number of ether oxygens (including phenoxy) is 1. The maximum absolute atomic E-state index is 15.8. The number of benzene rings is 5. The van der Waals surface area contributed by atoms with Crippen molar-refractivity contribution in [2.45, 2.75) is 47.8 Å². The van der Waals surface area contributed by atoms with Crippen LogP contribution in [0.5, 0.6) is 5.75 Å². The molecular weight excluding hydrogens is 875 g/mol. The van der Waals surface area contributed by atoms with Crippen LogP contribution in [0.4, 0.5) is 61.5 Å². The van der Waals surface area contributed by atoms with Crippen LogP contribution in [0.2, 0.25) is 0 Å². The lowest BCUT2D eigenvalue weighted by molar-refractivity contribution is -0.382. The number of alkyl halides is 9. The molecule has 5 aromatic rings. The summed E-state index contributed by atoms with van der Waals surface area (Å²) < 4.78 is 238. The van der Waals surface area contributed by atoms with Gasteiger partial charge in [0.15, 0.2) is 29.1 Å². The Balaban J connectivity index is 1.76. The van der Waals surface area contributed by atoms with E-state index in [9.17, 15) is 57.1 Å². The van der Waals surface area contributed by atoms with E-state index in [-0.39, 0.29) is 16.2 Å². The quantitative estimate of drug-likeness (QED) is 0.0508. The lowest BCUT2D eigenvalue weighted by atomic mass is 10.0. The molecule has 1 unspecified atom stereocenters. The predicted molar refractivity (Wildman–Crippen MR) is 179 cm³/mol. The van der Waals surface area contributed by atoms with Gasteiger partial charge in [-0.3, -0.25) is 4.79 Å². The number of carbonyl (C=O) groups excluding carboxylic acids is 1. The molecule has 5 rings (SSSR count). The highest BCUT2D eigenvalue weighted by Crippen LogP contribution is 2.73. The van der Waals surface area contributed by atoms with E-state index in [2.05, 4.69) is 3.63 Å². The average Bonchev–Trinajstić information content (AvgIpc) is 3.18. The zero-order valence-electron chi connectivity index (χ0n) is 28.4. The second-order valence-corrected chi connectivity index (χ2v) is 17.2. The fourth-order valence-electron chi connectivity index (χ4n) is 5.08. The van der Waals surface area contributed by atoms with Crippen LogP contribution < -0.4 is 4.74 Å².